The summed E-state index contributed by atoms with van der Waals surface area (Å²) < 4.78 is 5.56. The van der Waals surface area contributed by atoms with Crippen LogP contribution in [0.4, 0.5) is 17.2 Å². The van der Waals surface area contributed by atoms with Crippen molar-refractivity contribution in [2.75, 3.05) is 17.2 Å². The molecule has 0 radical (unpaired) electrons. The predicted octanol–water partition coefficient (Wildman–Crippen LogP) is 4.80. The van der Waals surface area contributed by atoms with Gasteiger partial charge in [-0.3, -0.25) is 4.79 Å². The van der Waals surface area contributed by atoms with Crippen LogP contribution in [0.25, 0.3) is 0 Å². The molecule has 0 spiro atoms. The minimum Gasteiger partial charge on any atom is -0.492 e. The van der Waals surface area contributed by atoms with E-state index in [0.717, 1.165) is 16.8 Å². The Kier molecular flexibility index (Phi) is 5.89. The highest BCUT2D eigenvalue weighted by atomic mass is 16.5. The van der Waals surface area contributed by atoms with Crippen molar-refractivity contribution in [2.45, 2.75) is 27.7 Å². The number of rotatable bonds is 6. The number of anilines is 3. The van der Waals surface area contributed by atoms with E-state index in [2.05, 4.69) is 26.7 Å². The SMILES string of the molecule is CCOc1ccccc1NC(=O)c1cc(Nc2cc(C)ccc2C)nc(C)n1. The third-order valence-corrected chi connectivity index (χ3v) is 4.16. The fourth-order valence-corrected chi connectivity index (χ4v) is 2.79. The van der Waals surface area contributed by atoms with E-state index in [1.54, 1.807) is 19.1 Å². The van der Waals surface area contributed by atoms with Gasteiger partial charge in [-0.1, -0.05) is 24.3 Å². The summed E-state index contributed by atoms with van der Waals surface area (Å²) in [5.41, 5.74) is 4.08. The zero-order valence-electron chi connectivity index (χ0n) is 16.5. The van der Waals surface area contributed by atoms with Crippen LogP contribution in [0.1, 0.15) is 34.4 Å². The van der Waals surface area contributed by atoms with Crippen molar-refractivity contribution in [3.8, 4) is 5.75 Å². The van der Waals surface area contributed by atoms with E-state index in [0.29, 0.717) is 29.7 Å². The number of carbonyl (C=O) groups is 1. The third kappa shape index (κ3) is 4.65. The number of benzene rings is 2. The minimum atomic E-state index is -0.318. The molecule has 0 fully saturated rings. The van der Waals surface area contributed by atoms with E-state index >= 15 is 0 Å². The minimum absolute atomic E-state index is 0.284. The molecule has 0 saturated heterocycles. The number of aromatic nitrogens is 2. The van der Waals surface area contributed by atoms with Gasteiger partial charge in [-0.2, -0.15) is 0 Å². The Morgan fingerprint density at radius 1 is 1.00 bits per heavy atom. The second-order valence-corrected chi connectivity index (χ2v) is 6.51. The molecule has 0 unspecified atom stereocenters. The van der Waals surface area contributed by atoms with Crippen LogP contribution >= 0.6 is 0 Å². The summed E-state index contributed by atoms with van der Waals surface area (Å²) in [6.45, 7) is 8.23. The Bertz CT molecular complexity index is 1000. The van der Waals surface area contributed by atoms with Gasteiger partial charge in [-0.05, 0) is 57.0 Å². The number of nitrogens with zero attached hydrogens (tertiary/aromatic N) is 2. The van der Waals surface area contributed by atoms with Crippen molar-refractivity contribution in [1.82, 2.24) is 9.97 Å². The highest BCUT2D eigenvalue weighted by molar-refractivity contribution is 6.04. The highest BCUT2D eigenvalue weighted by Gasteiger charge is 2.14. The van der Waals surface area contributed by atoms with E-state index in [9.17, 15) is 4.79 Å². The summed E-state index contributed by atoms with van der Waals surface area (Å²) in [6, 6.07) is 15.1. The Labute approximate surface area is 165 Å². The van der Waals surface area contributed by atoms with Crippen molar-refractivity contribution >= 4 is 23.1 Å². The average molecular weight is 376 g/mol. The number of nitrogens with one attached hydrogen (secondary N) is 2. The van der Waals surface area contributed by atoms with Gasteiger partial charge in [-0.25, -0.2) is 9.97 Å². The van der Waals surface area contributed by atoms with Gasteiger partial charge in [0.05, 0.1) is 12.3 Å². The largest absolute Gasteiger partial charge is 0.492 e. The fraction of sp³-hybridized carbons (Fsp3) is 0.227. The molecule has 0 atom stereocenters. The molecule has 1 aromatic heterocycles. The molecular weight excluding hydrogens is 352 g/mol. The van der Waals surface area contributed by atoms with Crippen molar-refractivity contribution in [3.05, 3.63) is 71.2 Å². The molecule has 0 bridgehead atoms. The summed E-state index contributed by atoms with van der Waals surface area (Å²) >= 11 is 0. The normalized spacial score (nSPS) is 10.4. The molecule has 1 amide bonds. The van der Waals surface area contributed by atoms with Crippen molar-refractivity contribution in [1.29, 1.82) is 0 Å². The van der Waals surface area contributed by atoms with Gasteiger partial charge in [0.25, 0.3) is 5.91 Å². The zero-order chi connectivity index (χ0) is 20.1. The highest BCUT2D eigenvalue weighted by Crippen LogP contribution is 2.25. The summed E-state index contributed by atoms with van der Waals surface area (Å²) in [7, 11) is 0. The first-order chi connectivity index (χ1) is 13.5. The average Bonchev–Trinajstić information content (AvgIpc) is 2.66. The molecule has 2 N–H and O–H groups in total. The quantitative estimate of drug-likeness (QED) is 0.646. The van der Waals surface area contributed by atoms with Gasteiger partial charge in [0.1, 0.15) is 23.1 Å². The maximum Gasteiger partial charge on any atom is 0.274 e. The second kappa shape index (κ2) is 8.52. The van der Waals surface area contributed by atoms with Crippen LogP contribution in [0.15, 0.2) is 48.5 Å². The smallest absolute Gasteiger partial charge is 0.274 e. The molecule has 0 aliphatic carbocycles. The molecule has 6 heteroatoms. The molecule has 3 rings (SSSR count). The molecule has 0 saturated carbocycles. The Morgan fingerprint density at radius 2 is 1.79 bits per heavy atom. The van der Waals surface area contributed by atoms with Crippen LogP contribution in [-0.2, 0) is 0 Å². The number of amides is 1. The Morgan fingerprint density at radius 3 is 2.57 bits per heavy atom. The Balaban J connectivity index is 1.85. The molecule has 28 heavy (non-hydrogen) atoms. The second-order valence-electron chi connectivity index (χ2n) is 6.51. The maximum absolute atomic E-state index is 12.8. The molecule has 144 valence electrons. The van der Waals surface area contributed by atoms with Crippen LogP contribution in [0.3, 0.4) is 0 Å². The summed E-state index contributed by atoms with van der Waals surface area (Å²) in [4.78, 5) is 21.5. The number of hydrogen-bond acceptors (Lipinski definition) is 5. The summed E-state index contributed by atoms with van der Waals surface area (Å²) in [5.74, 6) is 1.39. The van der Waals surface area contributed by atoms with Gasteiger partial charge in [-0.15, -0.1) is 0 Å². The van der Waals surface area contributed by atoms with Crippen LogP contribution < -0.4 is 15.4 Å². The number of para-hydroxylation sites is 2. The lowest BCUT2D eigenvalue weighted by Gasteiger charge is -2.13. The van der Waals surface area contributed by atoms with E-state index in [1.807, 2.05) is 51.1 Å². The van der Waals surface area contributed by atoms with Gasteiger partial charge < -0.3 is 15.4 Å². The topological polar surface area (TPSA) is 76.1 Å². The van der Waals surface area contributed by atoms with Gasteiger partial charge in [0, 0.05) is 11.8 Å². The molecule has 6 nitrogen and oxygen atoms in total. The lowest BCUT2D eigenvalue weighted by molar-refractivity contribution is 0.102. The van der Waals surface area contributed by atoms with Crippen molar-refractivity contribution < 1.29 is 9.53 Å². The predicted molar refractivity (Wildman–Crippen MR) is 112 cm³/mol. The molecule has 1 heterocycles. The van der Waals surface area contributed by atoms with Crippen LogP contribution in [0, 0.1) is 20.8 Å². The lowest BCUT2D eigenvalue weighted by Crippen LogP contribution is -2.16. The number of ether oxygens (including phenoxy) is 1. The summed E-state index contributed by atoms with van der Waals surface area (Å²) in [5, 5.41) is 6.16. The standard InChI is InChI=1S/C22H24N4O2/c1-5-28-20-9-7-6-8-17(20)26-22(27)19-13-21(24-16(4)23-19)25-18-12-14(2)10-11-15(18)3/h6-13H,5H2,1-4H3,(H,26,27)(H,23,24,25). The third-order valence-electron chi connectivity index (χ3n) is 4.16. The van der Waals surface area contributed by atoms with Gasteiger partial charge in [0.2, 0.25) is 0 Å². The first-order valence-corrected chi connectivity index (χ1v) is 9.19. The van der Waals surface area contributed by atoms with Crippen LogP contribution in [-0.4, -0.2) is 22.5 Å². The first-order valence-electron chi connectivity index (χ1n) is 9.19. The van der Waals surface area contributed by atoms with Gasteiger partial charge >= 0.3 is 0 Å². The lowest BCUT2D eigenvalue weighted by atomic mass is 10.1. The Hall–Kier alpha value is -3.41. The monoisotopic (exact) mass is 376 g/mol. The molecule has 2 aromatic carbocycles. The van der Waals surface area contributed by atoms with Crippen LogP contribution in [0.5, 0.6) is 5.75 Å². The fourth-order valence-electron chi connectivity index (χ4n) is 2.79. The molecule has 3 aromatic rings. The van der Waals surface area contributed by atoms with Gasteiger partial charge in [0.15, 0.2) is 0 Å². The number of aryl methyl sites for hydroxylation is 3. The van der Waals surface area contributed by atoms with Crippen molar-refractivity contribution in [3.63, 3.8) is 0 Å². The maximum atomic E-state index is 12.8. The summed E-state index contributed by atoms with van der Waals surface area (Å²) in [6.07, 6.45) is 0. The first kappa shape index (κ1) is 19.4. The number of hydrogen-bond donors (Lipinski definition) is 2. The molecular formula is C22H24N4O2. The van der Waals surface area contributed by atoms with Crippen LogP contribution in [0.2, 0.25) is 0 Å². The van der Waals surface area contributed by atoms with E-state index in [-0.39, 0.29) is 11.6 Å². The zero-order valence-corrected chi connectivity index (χ0v) is 16.5. The van der Waals surface area contributed by atoms with Crippen molar-refractivity contribution in [2.24, 2.45) is 0 Å². The molecule has 0 aliphatic rings. The van der Waals surface area contributed by atoms with E-state index in [1.165, 1.54) is 0 Å². The van der Waals surface area contributed by atoms with E-state index in [4.69, 9.17) is 4.74 Å². The van der Waals surface area contributed by atoms with E-state index < -0.39 is 0 Å². The number of carbonyl (C=O) groups excluding carboxylic acids is 1. The molecule has 0 aliphatic heterocycles.